The summed E-state index contributed by atoms with van der Waals surface area (Å²) in [6, 6.07) is 9.22. The van der Waals surface area contributed by atoms with E-state index >= 15 is 0 Å². The molecule has 1 fully saturated rings. The van der Waals surface area contributed by atoms with Gasteiger partial charge in [0.25, 0.3) is 0 Å². The van der Waals surface area contributed by atoms with Crippen LogP contribution in [0.2, 0.25) is 0 Å². The van der Waals surface area contributed by atoms with Gasteiger partial charge in [0, 0.05) is 23.0 Å². The molecule has 0 aliphatic carbocycles. The normalized spacial score (nSPS) is 28.5. The van der Waals surface area contributed by atoms with Crippen molar-refractivity contribution < 1.29 is 0 Å². The lowest BCUT2D eigenvalue weighted by atomic mass is 9.66. The summed E-state index contributed by atoms with van der Waals surface area (Å²) in [5.41, 5.74) is 11.7. The van der Waals surface area contributed by atoms with Gasteiger partial charge in [-0.2, -0.15) is 0 Å². The van der Waals surface area contributed by atoms with E-state index in [1.54, 1.807) is 0 Å². The Kier molecular flexibility index (Phi) is 3.01. The molecule has 0 radical (unpaired) electrons. The van der Waals surface area contributed by atoms with E-state index in [4.69, 9.17) is 18.0 Å². The van der Waals surface area contributed by atoms with Crippen LogP contribution in [-0.2, 0) is 6.42 Å². The van der Waals surface area contributed by atoms with Crippen molar-refractivity contribution in [2.75, 3.05) is 13.1 Å². The first kappa shape index (κ1) is 14.7. The molecule has 4 heterocycles. The van der Waals surface area contributed by atoms with Gasteiger partial charge in [-0.1, -0.05) is 37.3 Å². The molecule has 3 aliphatic rings. The van der Waals surface area contributed by atoms with Gasteiger partial charge in [0.15, 0.2) is 0 Å². The summed E-state index contributed by atoms with van der Waals surface area (Å²) in [4.78, 5) is 3.23. The molecule has 0 unspecified atom stereocenters. The number of thiocarbonyl (C=S) groups is 1. The van der Waals surface area contributed by atoms with Crippen LogP contribution in [0.1, 0.15) is 43.5 Å². The second-order valence-corrected chi connectivity index (χ2v) is 7.93. The largest absolute Gasteiger partial charge is 0.388 e. The van der Waals surface area contributed by atoms with Crippen LogP contribution >= 0.6 is 12.2 Å². The zero-order chi connectivity index (χ0) is 16.5. The average molecular weight is 337 g/mol. The summed E-state index contributed by atoms with van der Waals surface area (Å²) < 4.78 is 2.38. The van der Waals surface area contributed by atoms with E-state index in [1.165, 1.54) is 48.1 Å². The third-order valence-corrected chi connectivity index (χ3v) is 6.71. The number of para-hydroxylation sites is 1. The highest BCUT2D eigenvalue weighted by molar-refractivity contribution is 7.81. The SMILES string of the molecule is CC[C@@]12C=C(C(N)=S)n3c4c(c5ccccc53)CCN(CCC1)[C@H]42. The standard InChI is InChI=1S/C20H23N3S/c1-2-20-9-5-10-22-11-8-14-13-6-3-4-7-15(13)23(17(14)18(20)22)16(12-20)19(21)24/h3-4,6-7,12,18H,2,5,8-11H2,1H3,(H2,21,24)/t18-,20+/m1/s1. The molecular formula is C20H23N3S. The highest BCUT2D eigenvalue weighted by Gasteiger charge is 2.50. The highest BCUT2D eigenvalue weighted by Crippen LogP contribution is 2.56. The van der Waals surface area contributed by atoms with E-state index in [9.17, 15) is 0 Å². The van der Waals surface area contributed by atoms with Gasteiger partial charge in [0.05, 0.1) is 17.3 Å². The first-order chi connectivity index (χ1) is 11.7. The Bertz CT molecular complexity index is 894. The van der Waals surface area contributed by atoms with Crippen molar-refractivity contribution >= 4 is 33.8 Å². The zero-order valence-electron chi connectivity index (χ0n) is 14.1. The molecule has 0 amide bonds. The lowest BCUT2D eigenvalue weighted by molar-refractivity contribution is 0.0273. The summed E-state index contributed by atoms with van der Waals surface area (Å²) >= 11 is 5.48. The number of benzene rings is 1. The lowest BCUT2D eigenvalue weighted by Crippen LogP contribution is -2.51. The predicted molar refractivity (Wildman–Crippen MR) is 103 cm³/mol. The molecule has 3 nitrogen and oxygen atoms in total. The van der Waals surface area contributed by atoms with E-state index in [1.807, 2.05) is 0 Å². The molecule has 124 valence electrons. The topological polar surface area (TPSA) is 34.2 Å². The molecule has 3 aliphatic heterocycles. The molecule has 0 spiro atoms. The maximum atomic E-state index is 6.20. The van der Waals surface area contributed by atoms with Gasteiger partial charge in [-0.05, 0) is 49.9 Å². The fourth-order valence-corrected chi connectivity index (χ4v) is 5.61. The van der Waals surface area contributed by atoms with Crippen LogP contribution in [0.15, 0.2) is 30.3 Å². The van der Waals surface area contributed by atoms with Crippen molar-refractivity contribution in [2.24, 2.45) is 11.1 Å². The quantitative estimate of drug-likeness (QED) is 0.845. The summed E-state index contributed by atoms with van der Waals surface area (Å²) in [5, 5.41) is 1.38. The maximum absolute atomic E-state index is 6.20. The Morgan fingerprint density at radius 1 is 1.33 bits per heavy atom. The molecule has 4 heteroatoms. The summed E-state index contributed by atoms with van der Waals surface area (Å²) in [6.45, 7) is 4.71. The molecule has 5 rings (SSSR count). The summed E-state index contributed by atoms with van der Waals surface area (Å²) in [6.07, 6.45) is 7.18. The third kappa shape index (κ3) is 1.68. The Morgan fingerprint density at radius 3 is 2.96 bits per heavy atom. The van der Waals surface area contributed by atoms with Crippen LogP contribution in [0, 0.1) is 5.41 Å². The van der Waals surface area contributed by atoms with Gasteiger partial charge in [0.1, 0.15) is 4.99 Å². The Labute approximate surface area is 148 Å². The minimum atomic E-state index is 0.177. The molecule has 1 aromatic heterocycles. The van der Waals surface area contributed by atoms with Crippen molar-refractivity contribution in [2.45, 2.75) is 38.6 Å². The van der Waals surface area contributed by atoms with E-state index < -0.39 is 0 Å². The maximum Gasteiger partial charge on any atom is 0.120 e. The van der Waals surface area contributed by atoms with Crippen molar-refractivity contribution in [1.82, 2.24) is 9.47 Å². The summed E-state index contributed by atoms with van der Waals surface area (Å²) in [5.74, 6) is 0. The highest BCUT2D eigenvalue weighted by atomic mass is 32.1. The lowest BCUT2D eigenvalue weighted by Gasteiger charge is -2.53. The second-order valence-electron chi connectivity index (χ2n) is 7.49. The molecule has 0 bridgehead atoms. The van der Waals surface area contributed by atoms with E-state index in [0.29, 0.717) is 11.0 Å². The first-order valence-corrected chi connectivity index (χ1v) is 9.46. The van der Waals surface area contributed by atoms with E-state index in [0.717, 1.165) is 18.5 Å². The molecule has 2 N–H and O–H groups in total. The van der Waals surface area contributed by atoms with Gasteiger partial charge in [-0.25, -0.2) is 0 Å². The van der Waals surface area contributed by atoms with Crippen LogP contribution in [0.4, 0.5) is 0 Å². The minimum absolute atomic E-state index is 0.177. The number of rotatable bonds is 2. The van der Waals surface area contributed by atoms with Crippen molar-refractivity contribution in [3.8, 4) is 0 Å². The number of nitrogens with zero attached hydrogens (tertiary/aromatic N) is 2. The van der Waals surface area contributed by atoms with Crippen molar-refractivity contribution in [3.05, 3.63) is 41.6 Å². The molecule has 1 saturated heterocycles. The van der Waals surface area contributed by atoms with Gasteiger partial charge in [0.2, 0.25) is 0 Å². The predicted octanol–water partition coefficient (Wildman–Crippen LogP) is 3.87. The van der Waals surface area contributed by atoms with Gasteiger partial charge >= 0.3 is 0 Å². The number of hydrogen-bond acceptors (Lipinski definition) is 2. The zero-order valence-corrected chi connectivity index (χ0v) is 14.9. The Hall–Kier alpha value is -1.65. The van der Waals surface area contributed by atoms with Gasteiger partial charge < -0.3 is 10.3 Å². The number of fused-ring (bicyclic) bond motifs is 3. The van der Waals surface area contributed by atoms with Crippen molar-refractivity contribution in [1.29, 1.82) is 0 Å². The van der Waals surface area contributed by atoms with Crippen molar-refractivity contribution in [3.63, 3.8) is 0 Å². The monoisotopic (exact) mass is 337 g/mol. The van der Waals surface area contributed by atoms with Crippen LogP contribution < -0.4 is 5.73 Å². The second kappa shape index (κ2) is 4.93. The molecular weight excluding hydrogens is 314 g/mol. The smallest absolute Gasteiger partial charge is 0.120 e. The summed E-state index contributed by atoms with van der Waals surface area (Å²) in [7, 11) is 0. The van der Waals surface area contributed by atoms with Gasteiger partial charge in [-0.3, -0.25) is 4.90 Å². The van der Waals surface area contributed by atoms with E-state index in [-0.39, 0.29) is 5.41 Å². The third-order valence-electron chi connectivity index (χ3n) is 6.50. The fraction of sp³-hybridized carbons (Fsp3) is 0.450. The molecule has 2 atom stereocenters. The molecule has 24 heavy (non-hydrogen) atoms. The number of hydrogen-bond donors (Lipinski definition) is 1. The molecule has 2 aromatic rings. The fourth-order valence-electron chi connectivity index (χ4n) is 5.46. The first-order valence-electron chi connectivity index (χ1n) is 9.05. The number of piperidine rings is 1. The minimum Gasteiger partial charge on any atom is -0.388 e. The average Bonchev–Trinajstić information content (AvgIpc) is 2.95. The van der Waals surface area contributed by atoms with Crippen LogP contribution in [-0.4, -0.2) is 27.5 Å². The number of nitrogens with two attached hydrogens (primary N) is 1. The van der Waals surface area contributed by atoms with Crippen LogP contribution in [0.25, 0.3) is 16.6 Å². The van der Waals surface area contributed by atoms with Crippen LogP contribution in [0.5, 0.6) is 0 Å². The Balaban J connectivity index is 1.92. The van der Waals surface area contributed by atoms with Gasteiger partial charge in [-0.15, -0.1) is 0 Å². The van der Waals surface area contributed by atoms with E-state index in [2.05, 4.69) is 46.7 Å². The Morgan fingerprint density at radius 2 is 2.17 bits per heavy atom. The number of aromatic nitrogens is 1. The molecule has 0 saturated carbocycles. The van der Waals surface area contributed by atoms with Crippen LogP contribution in [0.3, 0.4) is 0 Å². The molecule has 1 aromatic carbocycles.